The second kappa shape index (κ2) is 4.79. The summed E-state index contributed by atoms with van der Waals surface area (Å²) in [5.41, 5.74) is 2.63. The number of quaternary nitrogens is 1. The number of rotatable bonds is 4. The lowest BCUT2D eigenvalue weighted by atomic mass is 10.0. The first-order chi connectivity index (χ1) is 6.54. The van der Waals surface area contributed by atoms with Gasteiger partial charge in [0, 0.05) is 0 Å². The summed E-state index contributed by atoms with van der Waals surface area (Å²) < 4.78 is 1.21. The molecule has 1 saturated heterocycles. The van der Waals surface area contributed by atoms with Crippen molar-refractivity contribution >= 4 is 0 Å². The summed E-state index contributed by atoms with van der Waals surface area (Å²) in [6.07, 6.45) is 4.16. The molecule has 1 aliphatic heterocycles. The van der Waals surface area contributed by atoms with Gasteiger partial charge in [0.1, 0.15) is 13.1 Å². The molecule has 0 saturated carbocycles. The van der Waals surface area contributed by atoms with Gasteiger partial charge in [-0.1, -0.05) is 13.2 Å². The number of piperidine rings is 1. The molecular weight excluding hydrogens is 170 g/mol. The maximum Gasteiger partial charge on any atom is 0.100 e. The van der Waals surface area contributed by atoms with Crippen LogP contribution in [0.3, 0.4) is 0 Å². The monoisotopic (exact) mass is 194 g/mol. The van der Waals surface area contributed by atoms with E-state index in [0.717, 1.165) is 13.1 Å². The molecule has 0 aromatic rings. The zero-order chi connectivity index (χ0) is 10.6. The van der Waals surface area contributed by atoms with Gasteiger partial charge in [-0.3, -0.25) is 0 Å². The molecule has 1 fully saturated rings. The van der Waals surface area contributed by atoms with E-state index in [1.54, 1.807) is 0 Å². The Morgan fingerprint density at radius 2 is 1.36 bits per heavy atom. The third kappa shape index (κ3) is 3.30. The first-order valence-electron chi connectivity index (χ1n) is 5.68. The minimum Gasteiger partial charge on any atom is -0.317 e. The summed E-state index contributed by atoms with van der Waals surface area (Å²) >= 11 is 0. The molecule has 0 aliphatic carbocycles. The Labute approximate surface area is 88.7 Å². The highest BCUT2D eigenvalue weighted by Crippen LogP contribution is 2.21. The van der Waals surface area contributed by atoms with Crippen molar-refractivity contribution in [1.29, 1.82) is 0 Å². The van der Waals surface area contributed by atoms with Crippen LogP contribution in [0.1, 0.15) is 33.1 Å². The Hall–Kier alpha value is -0.560. The molecule has 0 spiro atoms. The SMILES string of the molecule is C=C(C)C[N+]1(CC(=C)C)CCCCC1. The predicted octanol–water partition coefficient (Wildman–Crippen LogP) is 3.14. The Balaban J connectivity index is 2.66. The van der Waals surface area contributed by atoms with E-state index in [-0.39, 0.29) is 0 Å². The van der Waals surface area contributed by atoms with Crippen LogP contribution in [0.4, 0.5) is 0 Å². The van der Waals surface area contributed by atoms with Crippen molar-refractivity contribution in [2.75, 3.05) is 26.2 Å². The van der Waals surface area contributed by atoms with Gasteiger partial charge in [-0.05, 0) is 44.3 Å². The lowest BCUT2D eigenvalue weighted by molar-refractivity contribution is -0.923. The van der Waals surface area contributed by atoms with Crippen LogP contribution in [-0.2, 0) is 0 Å². The molecule has 0 radical (unpaired) electrons. The lowest BCUT2D eigenvalue weighted by Crippen LogP contribution is -2.53. The topological polar surface area (TPSA) is 0 Å². The highest BCUT2D eigenvalue weighted by atomic mass is 15.4. The van der Waals surface area contributed by atoms with E-state index in [9.17, 15) is 0 Å². The predicted molar refractivity (Wildman–Crippen MR) is 63.2 cm³/mol. The Kier molecular flexibility index (Phi) is 3.94. The second-order valence-electron chi connectivity index (χ2n) is 5.08. The Morgan fingerprint density at radius 1 is 0.929 bits per heavy atom. The number of hydrogen-bond donors (Lipinski definition) is 0. The maximum absolute atomic E-state index is 4.06. The van der Waals surface area contributed by atoms with Gasteiger partial charge in [0.25, 0.3) is 0 Å². The summed E-state index contributed by atoms with van der Waals surface area (Å²) in [4.78, 5) is 0. The van der Waals surface area contributed by atoms with Gasteiger partial charge >= 0.3 is 0 Å². The largest absolute Gasteiger partial charge is 0.317 e. The van der Waals surface area contributed by atoms with Crippen molar-refractivity contribution in [1.82, 2.24) is 0 Å². The van der Waals surface area contributed by atoms with E-state index >= 15 is 0 Å². The summed E-state index contributed by atoms with van der Waals surface area (Å²) in [7, 11) is 0. The highest BCUT2D eigenvalue weighted by Gasteiger charge is 2.29. The average Bonchev–Trinajstić information content (AvgIpc) is 2.01. The number of hydrogen-bond acceptors (Lipinski definition) is 0. The number of likely N-dealkylation sites (tertiary alicyclic amines) is 1. The van der Waals surface area contributed by atoms with E-state index in [4.69, 9.17) is 0 Å². The van der Waals surface area contributed by atoms with Crippen molar-refractivity contribution in [3.8, 4) is 0 Å². The van der Waals surface area contributed by atoms with E-state index in [1.807, 2.05) is 0 Å². The molecule has 1 aliphatic rings. The minimum atomic E-state index is 1.15. The normalized spacial score (nSPS) is 20.4. The van der Waals surface area contributed by atoms with Crippen LogP contribution in [-0.4, -0.2) is 30.7 Å². The molecule has 14 heavy (non-hydrogen) atoms. The van der Waals surface area contributed by atoms with Gasteiger partial charge < -0.3 is 4.48 Å². The van der Waals surface area contributed by atoms with Crippen LogP contribution in [0.15, 0.2) is 24.3 Å². The third-order valence-electron chi connectivity index (χ3n) is 2.98. The van der Waals surface area contributed by atoms with Crippen molar-refractivity contribution in [3.63, 3.8) is 0 Å². The summed E-state index contributed by atoms with van der Waals surface area (Å²) in [6.45, 7) is 17.3. The molecule has 0 amide bonds. The molecule has 0 atom stereocenters. The van der Waals surface area contributed by atoms with E-state index in [2.05, 4.69) is 27.0 Å². The van der Waals surface area contributed by atoms with Crippen molar-refractivity contribution in [3.05, 3.63) is 24.3 Å². The quantitative estimate of drug-likeness (QED) is 0.476. The Morgan fingerprint density at radius 3 is 1.71 bits per heavy atom. The van der Waals surface area contributed by atoms with Crippen molar-refractivity contribution < 1.29 is 4.48 Å². The van der Waals surface area contributed by atoms with Gasteiger partial charge in [0.2, 0.25) is 0 Å². The first kappa shape index (κ1) is 11.5. The fourth-order valence-corrected chi connectivity index (χ4v) is 2.70. The summed E-state index contributed by atoms with van der Waals surface area (Å²) in [5.74, 6) is 0. The summed E-state index contributed by atoms with van der Waals surface area (Å²) in [5, 5.41) is 0. The minimum absolute atomic E-state index is 1.15. The maximum atomic E-state index is 4.06. The first-order valence-corrected chi connectivity index (χ1v) is 5.68. The van der Waals surface area contributed by atoms with Crippen molar-refractivity contribution in [2.45, 2.75) is 33.1 Å². The smallest absolute Gasteiger partial charge is 0.100 e. The molecule has 1 nitrogen and oxygen atoms in total. The molecule has 0 N–H and O–H groups in total. The molecule has 1 heterocycles. The molecule has 0 bridgehead atoms. The second-order valence-corrected chi connectivity index (χ2v) is 5.08. The van der Waals surface area contributed by atoms with Gasteiger partial charge in [0.15, 0.2) is 0 Å². The van der Waals surface area contributed by atoms with Crippen LogP contribution in [0.25, 0.3) is 0 Å². The summed E-state index contributed by atoms with van der Waals surface area (Å²) in [6, 6.07) is 0. The molecule has 1 heteroatoms. The van der Waals surface area contributed by atoms with Crippen LogP contribution in [0, 0.1) is 0 Å². The van der Waals surface area contributed by atoms with Crippen LogP contribution in [0.2, 0.25) is 0 Å². The molecule has 80 valence electrons. The molecular formula is C13H24N+. The molecule has 0 aromatic heterocycles. The van der Waals surface area contributed by atoms with Crippen LogP contribution < -0.4 is 0 Å². The van der Waals surface area contributed by atoms with E-state index < -0.39 is 0 Å². The highest BCUT2D eigenvalue weighted by molar-refractivity contribution is 4.93. The van der Waals surface area contributed by atoms with Crippen molar-refractivity contribution in [2.24, 2.45) is 0 Å². The number of nitrogens with zero attached hydrogens (tertiary/aromatic N) is 1. The molecule has 0 unspecified atom stereocenters. The van der Waals surface area contributed by atoms with Crippen LogP contribution >= 0.6 is 0 Å². The van der Waals surface area contributed by atoms with Gasteiger partial charge in [-0.15, -0.1) is 0 Å². The zero-order valence-electron chi connectivity index (χ0n) is 9.81. The van der Waals surface area contributed by atoms with E-state index in [0.29, 0.717) is 0 Å². The fraction of sp³-hybridized carbons (Fsp3) is 0.692. The fourth-order valence-electron chi connectivity index (χ4n) is 2.70. The molecule has 0 aromatic carbocycles. The van der Waals surface area contributed by atoms with Gasteiger partial charge in [-0.2, -0.15) is 0 Å². The average molecular weight is 194 g/mol. The molecule has 1 rings (SSSR count). The van der Waals surface area contributed by atoms with E-state index in [1.165, 1.54) is 48.0 Å². The third-order valence-corrected chi connectivity index (χ3v) is 2.98. The standard InChI is InChI=1S/C13H24N/c1-12(2)10-14(11-13(3)4)8-6-5-7-9-14/h1,3,5-11H2,2,4H3/q+1. The van der Waals surface area contributed by atoms with Gasteiger partial charge in [0.05, 0.1) is 13.1 Å². The lowest BCUT2D eigenvalue weighted by Gasteiger charge is -2.42. The zero-order valence-corrected chi connectivity index (χ0v) is 9.81. The van der Waals surface area contributed by atoms with Crippen LogP contribution in [0.5, 0.6) is 0 Å². The Bertz CT molecular complexity index is 203. The van der Waals surface area contributed by atoms with Gasteiger partial charge in [-0.25, -0.2) is 0 Å².